The van der Waals surface area contributed by atoms with Crippen molar-refractivity contribution in [1.82, 2.24) is 15.6 Å². The number of urea groups is 1. The molecule has 2 aromatic carbocycles. The Morgan fingerprint density at radius 3 is 2.06 bits per heavy atom. The molecular formula is C24H20F7N3O2. The Morgan fingerprint density at radius 2 is 1.50 bits per heavy atom. The van der Waals surface area contributed by atoms with Gasteiger partial charge in [0.15, 0.2) is 0 Å². The second kappa shape index (κ2) is 10.4. The Morgan fingerprint density at radius 1 is 0.861 bits per heavy atom. The number of amides is 2. The number of halogens is 7. The van der Waals surface area contributed by atoms with Crippen LogP contribution in [0.15, 0.2) is 66.9 Å². The molecule has 1 aromatic heterocycles. The maximum Gasteiger partial charge on any atom is 0.416 e. The third kappa shape index (κ3) is 6.23. The number of hydrogen-bond donors (Lipinski definition) is 2. The predicted molar refractivity (Wildman–Crippen MR) is 116 cm³/mol. The zero-order chi connectivity index (χ0) is 26.6. The maximum absolute atomic E-state index is 14.5. The zero-order valence-corrected chi connectivity index (χ0v) is 18.7. The van der Waals surface area contributed by atoms with Crippen LogP contribution in [0.1, 0.15) is 22.4 Å². The minimum atomic E-state index is -4.90. The van der Waals surface area contributed by atoms with Gasteiger partial charge in [0.25, 0.3) is 0 Å². The molecule has 3 rings (SSSR count). The molecule has 1 atom stereocenters. The second-order valence-corrected chi connectivity index (χ2v) is 7.73. The zero-order valence-electron chi connectivity index (χ0n) is 18.7. The maximum atomic E-state index is 14.5. The molecule has 0 radical (unpaired) electrons. The first kappa shape index (κ1) is 26.8. The van der Waals surface area contributed by atoms with E-state index in [0.29, 0.717) is 17.4 Å². The van der Waals surface area contributed by atoms with E-state index in [-0.39, 0.29) is 11.3 Å². The lowest BCUT2D eigenvalue weighted by Gasteiger charge is -2.35. The van der Waals surface area contributed by atoms with Gasteiger partial charge in [-0.05, 0) is 41.5 Å². The summed E-state index contributed by atoms with van der Waals surface area (Å²) in [5.41, 5.74) is -2.85. The van der Waals surface area contributed by atoms with Gasteiger partial charge < -0.3 is 15.4 Å². The van der Waals surface area contributed by atoms with Crippen LogP contribution in [-0.4, -0.2) is 37.4 Å². The van der Waals surface area contributed by atoms with Crippen LogP contribution in [0.4, 0.5) is 35.5 Å². The highest BCUT2D eigenvalue weighted by molar-refractivity contribution is 5.74. The van der Waals surface area contributed by atoms with Gasteiger partial charge in [0, 0.05) is 6.54 Å². The fourth-order valence-corrected chi connectivity index (χ4v) is 3.69. The molecule has 0 aliphatic heterocycles. The Labute approximate surface area is 201 Å². The van der Waals surface area contributed by atoms with E-state index < -0.39 is 48.3 Å². The fourth-order valence-electron chi connectivity index (χ4n) is 3.69. The minimum absolute atomic E-state index is 0.0874. The summed E-state index contributed by atoms with van der Waals surface area (Å²) < 4.78 is 98.0. The van der Waals surface area contributed by atoms with Crippen molar-refractivity contribution in [3.63, 3.8) is 0 Å². The summed E-state index contributed by atoms with van der Waals surface area (Å²) in [6, 6.07) is 11.4. The van der Waals surface area contributed by atoms with Crippen LogP contribution in [0, 0.1) is 5.82 Å². The number of pyridine rings is 1. The van der Waals surface area contributed by atoms with Crippen molar-refractivity contribution in [2.45, 2.75) is 17.8 Å². The van der Waals surface area contributed by atoms with Crippen molar-refractivity contribution in [1.29, 1.82) is 0 Å². The van der Waals surface area contributed by atoms with Crippen LogP contribution in [0.3, 0.4) is 0 Å². The molecule has 36 heavy (non-hydrogen) atoms. The highest BCUT2D eigenvalue weighted by atomic mass is 19.4. The molecule has 0 saturated heterocycles. The quantitative estimate of drug-likeness (QED) is 0.412. The molecule has 2 N–H and O–H groups in total. The number of carbonyl (C=O) groups excluding carboxylic acids is 1. The van der Waals surface area contributed by atoms with Crippen LogP contribution in [-0.2, 0) is 11.6 Å². The predicted octanol–water partition coefficient (Wildman–Crippen LogP) is 5.44. The van der Waals surface area contributed by atoms with Crippen LogP contribution >= 0.6 is 0 Å². The van der Waals surface area contributed by atoms with E-state index in [1.165, 1.54) is 37.6 Å². The summed E-state index contributed by atoms with van der Waals surface area (Å²) in [5, 5.41) is 3.92. The summed E-state index contributed by atoms with van der Waals surface area (Å²) in [5.74, 6) is -0.887. The van der Waals surface area contributed by atoms with Crippen LogP contribution in [0.5, 0.6) is 5.75 Å². The molecule has 0 bridgehead atoms. The molecule has 12 heteroatoms. The number of hydrogen-bond acceptors (Lipinski definition) is 3. The SMILES string of the molecule is COc1ccc(C(CNC(=O)NCC(F)(F)F)(c2ccccc2)c2cc(F)cc(C(F)(F)F)c2)nc1. The van der Waals surface area contributed by atoms with Crippen molar-refractivity contribution < 1.29 is 40.3 Å². The second-order valence-electron chi connectivity index (χ2n) is 7.73. The Balaban J connectivity index is 2.22. The molecule has 1 heterocycles. The number of aromatic nitrogens is 1. The van der Waals surface area contributed by atoms with Gasteiger partial charge in [-0.25, -0.2) is 9.18 Å². The molecule has 5 nitrogen and oxygen atoms in total. The normalized spacial score (nSPS) is 13.6. The van der Waals surface area contributed by atoms with Crippen molar-refractivity contribution in [3.05, 3.63) is 95.1 Å². The van der Waals surface area contributed by atoms with E-state index in [1.807, 2.05) is 0 Å². The fraction of sp³-hybridized carbons (Fsp3) is 0.250. The average molecular weight is 515 g/mol. The van der Waals surface area contributed by atoms with Crippen molar-refractivity contribution >= 4 is 6.03 Å². The number of ether oxygens (including phenoxy) is 1. The summed E-state index contributed by atoms with van der Waals surface area (Å²) in [4.78, 5) is 16.5. The first-order chi connectivity index (χ1) is 16.8. The number of nitrogens with zero attached hydrogens (tertiary/aromatic N) is 1. The van der Waals surface area contributed by atoms with Gasteiger partial charge in [0.05, 0.1) is 30.0 Å². The molecule has 0 spiro atoms. The first-order valence-electron chi connectivity index (χ1n) is 10.4. The van der Waals surface area contributed by atoms with E-state index in [9.17, 15) is 35.5 Å². The number of benzene rings is 2. The molecule has 0 aliphatic rings. The minimum Gasteiger partial charge on any atom is -0.495 e. The van der Waals surface area contributed by atoms with Crippen LogP contribution in [0.25, 0.3) is 0 Å². The summed E-state index contributed by atoms with van der Waals surface area (Å²) in [6.07, 6.45) is -8.31. The van der Waals surface area contributed by atoms with Gasteiger partial charge in [0.1, 0.15) is 18.1 Å². The van der Waals surface area contributed by atoms with Gasteiger partial charge >= 0.3 is 18.4 Å². The monoisotopic (exact) mass is 515 g/mol. The van der Waals surface area contributed by atoms with Gasteiger partial charge in [-0.1, -0.05) is 30.3 Å². The summed E-state index contributed by atoms with van der Waals surface area (Å²) in [6.45, 7) is -2.18. The summed E-state index contributed by atoms with van der Waals surface area (Å²) in [7, 11) is 1.37. The van der Waals surface area contributed by atoms with E-state index in [0.717, 1.165) is 12.1 Å². The van der Waals surface area contributed by atoms with E-state index in [2.05, 4.69) is 10.3 Å². The highest BCUT2D eigenvalue weighted by Gasteiger charge is 2.41. The Hall–Kier alpha value is -3.83. The first-order valence-corrected chi connectivity index (χ1v) is 10.4. The van der Waals surface area contributed by atoms with E-state index in [1.54, 1.807) is 23.5 Å². The van der Waals surface area contributed by atoms with Gasteiger partial charge in [-0.3, -0.25) is 4.98 Å². The van der Waals surface area contributed by atoms with Gasteiger partial charge in [-0.2, -0.15) is 26.3 Å². The van der Waals surface area contributed by atoms with E-state index >= 15 is 0 Å². The largest absolute Gasteiger partial charge is 0.495 e. The number of methoxy groups -OCH3 is 1. The lowest BCUT2D eigenvalue weighted by molar-refractivity contribution is -0.137. The van der Waals surface area contributed by atoms with Crippen LogP contribution < -0.4 is 15.4 Å². The molecule has 0 saturated carbocycles. The van der Waals surface area contributed by atoms with Gasteiger partial charge in [-0.15, -0.1) is 0 Å². The summed E-state index contributed by atoms with van der Waals surface area (Å²) >= 11 is 0. The van der Waals surface area contributed by atoms with E-state index in [4.69, 9.17) is 4.74 Å². The molecule has 1 unspecified atom stereocenters. The number of alkyl halides is 6. The third-order valence-corrected chi connectivity index (χ3v) is 5.36. The smallest absolute Gasteiger partial charge is 0.416 e. The standard InChI is InChI=1S/C24H20F7N3O2/c1-36-19-7-8-20(32-12-19)22(15-5-3-2-4-6-15,13-33-21(35)34-14-23(26,27)28)16-9-17(24(29,30)31)11-18(25)10-16/h2-12H,13-14H2,1H3,(H2,33,34,35). The molecular weight excluding hydrogens is 495 g/mol. The van der Waals surface area contributed by atoms with Gasteiger partial charge in [0.2, 0.25) is 0 Å². The molecule has 2 amide bonds. The lowest BCUT2D eigenvalue weighted by Crippen LogP contribution is -2.48. The van der Waals surface area contributed by atoms with Crippen LogP contribution in [0.2, 0.25) is 0 Å². The lowest BCUT2D eigenvalue weighted by atomic mass is 9.71. The molecule has 0 aliphatic carbocycles. The highest BCUT2D eigenvalue weighted by Crippen LogP contribution is 2.41. The third-order valence-electron chi connectivity index (χ3n) is 5.36. The topological polar surface area (TPSA) is 63.2 Å². The number of nitrogens with one attached hydrogen (secondary N) is 2. The number of rotatable bonds is 7. The Bertz CT molecular complexity index is 1180. The Kier molecular flexibility index (Phi) is 7.75. The number of carbonyl (C=O) groups is 1. The molecule has 3 aromatic rings. The van der Waals surface area contributed by atoms with Crippen molar-refractivity contribution in [2.24, 2.45) is 0 Å². The molecule has 192 valence electrons. The van der Waals surface area contributed by atoms with Crippen molar-refractivity contribution in [2.75, 3.05) is 20.2 Å². The van der Waals surface area contributed by atoms with Crippen molar-refractivity contribution in [3.8, 4) is 5.75 Å². The molecule has 0 fully saturated rings. The average Bonchev–Trinajstić information content (AvgIpc) is 2.83.